The fourth-order valence-electron chi connectivity index (χ4n) is 3.38. The van der Waals surface area contributed by atoms with Crippen molar-refractivity contribution in [3.05, 3.63) is 35.8 Å². The molecule has 166 valence electrons. The van der Waals surface area contributed by atoms with E-state index in [2.05, 4.69) is 25.9 Å². The summed E-state index contributed by atoms with van der Waals surface area (Å²) in [5.41, 5.74) is 1.96. The lowest BCUT2D eigenvalue weighted by Crippen LogP contribution is -2.44. The second kappa shape index (κ2) is 9.28. The van der Waals surface area contributed by atoms with Crippen LogP contribution in [-0.4, -0.2) is 42.8 Å². The minimum Gasteiger partial charge on any atom is -0.340 e. The predicted molar refractivity (Wildman–Crippen MR) is 120 cm³/mol. The van der Waals surface area contributed by atoms with Gasteiger partial charge in [0.25, 0.3) is 5.91 Å². The highest BCUT2D eigenvalue weighted by atomic mass is 16.2. The highest BCUT2D eigenvalue weighted by Crippen LogP contribution is 2.24. The second-order valence-electron chi connectivity index (χ2n) is 8.78. The minimum atomic E-state index is -0.693. The van der Waals surface area contributed by atoms with Crippen LogP contribution in [0.5, 0.6) is 0 Å². The van der Waals surface area contributed by atoms with E-state index in [0.29, 0.717) is 28.8 Å². The number of amides is 2. The van der Waals surface area contributed by atoms with Crippen molar-refractivity contribution in [2.24, 2.45) is 5.92 Å². The van der Waals surface area contributed by atoms with Gasteiger partial charge in [-0.2, -0.15) is 10.2 Å². The number of carbonyl (C=O) groups excluding carboxylic acids is 2. The number of anilines is 1. The van der Waals surface area contributed by atoms with E-state index < -0.39 is 6.04 Å². The first-order valence-electron chi connectivity index (χ1n) is 10.7. The Morgan fingerprint density at radius 1 is 1.16 bits per heavy atom. The Labute approximate surface area is 182 Å². The molecule has 0 radical (unpaired) electrons. The summed E-state index contributed by atoms with van der Waals surface area (Å²) in [7, 11) is 0. The summed E-state index contributed by atoms with van der Waals surface area (Å²) in [6, 6.07) is 2.88. The molecule has 3 aromatic rings. The maximum absolute atomic E-state index is 13.3. The number of hydrogen-bond donors (Lipinski definition) is 3. The zero-order chi connectivity index (χ0) is 22.7. The maximum Gasteiger partial charge on any atom is 0.252 e. The van der Waals surface area contributed by atoms with E-state index in [4.69, 9.17) is 4.98 Å². The summed E-state index contributed by atoms with van der Waals surface area (Å²) >= 11 is 0. The number of pyridine rings is 1. The molecular formula is C22H31N7O2. The summed E-state index contributed by atoms with van der Waals surface area (Å²) in [4.78, 5) is 30.9. The Hall–Kier alpha value is -3.23. The number of hydrogen-bond acceptors (Lipinski definition) is 5. The van der Waals surface area contributed by atoms with Gasteiger partial charge in [0.15, 0.2) is 5.65 Å². The number of carbonyl (C=O) groups is 2. The molecule has 3 N–H and O–H groups in total. The Morgan fingerprint density at radius 2 is 1.90 bits per heavy atom. The largest absolute Gasteiger partial charge is 0.340 e. The van der Waals surface area contributed by atoms with Crippen LogP contribution in [0.15, 0.2) is 24.5 Å². The van der Waals surface area contributed by atoms with Gasteiger partial charge in [0.1, 0.15) is 11.9 Å². The average Bonchev–Trinajstić information content (AvgIpc) is 3.35. The third kappa shape index (κ3) is 5.10. The number of nitrogens with zero attached hydrogens (tertiary/aromatic N) is 4. The topological polar surface area (TPSA) is 118 Å². The van der Waals surface area contributed by atoms with Crippen LogP contribution in [0.25, 0.3) is 11.0 Å². The van der Waals surface area contributed by atoms with Gasteiger partial charge in [-0.1, -0.05) is 27.7 Å². The van der Waals surface area contributed by atoms with Gasteiger partial charge in [-0.3, -0.25) is 14.7 Å². The van der Waals surface area contributed by atoms with Crippen LogP contribution in [0, 0.1) is 5.92 Å². The lowest BCUT2D eigenvalue weighted by atomic mass is 10.0. The summed E-state index contributed by atoms with van der Waals surface area (Å²) in [5, 5.41) is 17.3. The van der Waals surface area contributed by atoms with Crippen molar-refractivity contribution in [2.75, 3.05) is 5.32 Å². The van der Waals surface area contributed by atoms with E-state index in [1.807, 2.05) is 46.2 Å². The molecule has 0 bridgehead atoms. The molecular weight excluding hydrogens is 394 g/mol. The van der Waals surface area contributed by atoms with Crippen LogP contribution in [0.4, 0.5) is 5.82 Å². The smallest absolute Gasteiger partial charge is 0.252 e. The Bertz CT molecular complexity index is 1050. The number of fused-ring (bicyclic) bond motifs is 1. The standard InChI is InChI=1S/C22H31N7O2/c1-12(2)9-18(22(31)27-19-7-8-23-28-19)26-21(30)15-10-17(13(3)4)25-20-16(15)11-24-29(20)14(5)6/h7-8,10-14,18H,9H2,1-6H3,(H,26,30)(H2,23,27,28,31). The van der Waals surface area contributed by atoms with Crippen LogP contribution >= 0.6 is 0 Å². The summed E-state index contributed by atoms with van der Waals surface area (Å²) in [5.74, 6) is 0.230. The van der Waals surface area contributed by atoms with Gasteiger partial charge >= 0.3 is 0 Å². The molecule has 0 spiro atoms. The predicted octanol–water partition coefficient (Wildman–Crippen LogP) is 3.64. The monoisotopic (exact) mass is 425 g/mol. The molecule has 1 atom stereocenters. The molecule has 3 heterocycles. The fraction of sp³-hybridized carbons (Fsp3) is 0.500. The Morgan fingerprint density at radius 3 is 2.48 bits per heavy atom. The van der Waals surface area contributed by atoms with Crippen LogP contribution in [0.2, 0.25) is 0 Å². The van der Waals surface area contributed by atoms with Crippen LogP contribution < -0.4 is 10.6 Å². The third-order valence-electron chi connectivity index (χ3n) is 5.00. The van der Waals surface area contributed by atoms with E-state index in [-0.39, 0.29) is 29.7 Å². The van der Waals surface area contributed by atoms with Gasteiger partial charge in [0.2, 0.25) is 5.91 Å². The first kappa shape index (κ1) is 22.5. The van der Waals surface area contributed by atoms with E-state index in [9.17, 15) is 9.59 Å². The van der Waals surface area contributed by atoms with Crippen LogP contribution in [-0.2, 0) is 4.79 Å². The van der Waals surface area contributed by atoms with Crippen molar-refractivity contribution in [1.29, 1.82) is 0 Å². The molecule has 3 aromatic heterocycles. The molecule has 3 rings (SSSR count). The average molecular weight is 426 g/mol. The summed E-state index contributed by atoms with van der Waals surface area (Å²) in [6.45, 7) is 12.1. The van der Waals surface area contributed by atoms with Gasteiger partial charge in [-0.25, -0.2) is 9.67 Å². The molecule has 0 fully saturated rings. The fourth-order valence-corrected chi connectivity index (χ4v) is 3.38. The molecule has 0 saturated heterocycles. The molecule has 31 heavy (non-hydrogen) atoms. The highest BCUT2D eigenvalue weighted by Gasteiger charge is 2.25. The molecule has 0 aliphatic rings. The quantitative estimate of drug-likeness (QED) is 0.509. The van der Waals surface area contributed by atoms with Gasteiger partial charge in [-0.05, 0) is 38.2 Å². The van der Waals surface area contributed by atoms with Crippen molar-refractivity contribution >= 4 is 28.7 Å². The first-order valence-corrected chi connectivity index (χ1v) is 10.7. The molecule has 1 unspecified atom stereocenters. The lowest BCUT2D eigenvalue weighted by Gasteiger charge is -2.20. The van der Waals surface area contributed by atoms with Gasteiger partial charge in [0, 0.05) is 17.8 Å². The van der Waals surface area contributed by atoms with Crippen LogP contribution in [0.3, 0.4) is 0 Å². The van der Waals surface area contributed by atoms with E-state index >= 15 is 0 Å². The third-order valence-corrected chi connectivity index (χ3v) is 5.00. The summed E-state index contributed by atoms with van der Waals surface area (Å²) in [6.07, 6.45) is 3.73. The van der Waals surface area contributed by atoms with Gasteiger partial charge < -0.3 is 10.6 Å². The zero-order valence-corrected chi connectivity index (χ0v) is 18.9. The van der Waals surface area contributed by atoms with E-state index in [1.165, 1.54) is 0 Å². The number of nitrogens with one attached hydrogen (secondary N) is 3. The van der Waals surface area contributed by atoms with Gasteiger partial charge in [0.05, 0.1) is 23.3 Å². The van der Waals surface area contributed by atoms with Gasteiger partial charge in [-0.15, -0.1) is 0 Å². The van der Waals surface area contributed by atoms with Crippen molar-refractivity contribution in [2.45, 2.75) is 66.0 Å². The highest BCUT2D eigenvalue weighted by molar-refractivity contribution is 6.07. The van der Waals surface area contributed by atoms with E-state index in [1.54, 1.807) is 24.5 Å². The van der Waals surface area contributed by atoms with Crippen molar-refractivity contribution in [3.63, 3.8) is 0 Å². The molecule has 0 aliphatic heterocycles. The molecule has 9 heteroatoms. The lowest BCUT2D eigenvalue weighted by molar-refractivity contribution is -0.118. The Kier molecular flexibility index (Phi) is 6.72. The second-order valence-corrected chi connectivity index (χ2v) is 8.78. The van der Waals surface area contributed by atoms with Crippen molar-refractivity contribution in [1.82, 2.24) is 30.3 Å². The number of aromatic nitrogens is 5. The zero-order valence-electron chi connectivity index (χ0n) is 18.9. The Balaban J connectivity index is 1.94. The summed E-state index contributed by atoms with van der Waals surface area (Å²) < 4.78 is 1.81. The number of rotatable bonds is 8. The maximum atomic E-state index is 13.3. The molecule has 2 amide bonds. The number of H-pyrrole nitrogens is 1. The van der Waals surface area contributed by atoms with E-state index in [0.717, 1.165) is 5.69 Å². The molecule has 0 aromatic carbocycles. The molecule has 9 nitrogen and oxygen atoms in total. The molecule has 0 aliphatic carbocycles. The normalized spacial score (nSPS) is 12.7. The first-order chi connectivity index (χ1) is 14.7. The van der Waals surface area contributed by atoms with Crippen molar-refractivity contribution in [3.8, 4) is 0 Å². The van der Waals surface area contributed by atoms with Crippen molar-refractivity contribution < 1.29 is 9.59 Å². The minimum absolute atomic E-state index is 0.109. The SMILES string of the molecule is CC(C)CC(NC(=O)c1cc(C(C)C)nc2c1cnn2C(C)C)C(=O)Nc1ccn[nH]1. The van der Waals surface area contributed by atoms with Crippen LogP contribution in [0.1, 0.15) is 76.0 Å². The molecule has 0 saturated carbocycles. The number of aromatic amines is 1.